The van der Waals surface area contributed by atoms with Gasteiger partial charge in [0.1, 0.15) is 24.5 Å². The van der Waals surface area contributed by atoms with Gasteiger partial charge in [0.2, 0.25) is 0 Å². The van der Waals surface area contributed by atoms with Crippen LogP contribution in [-0.4, -0.2) is 43.5 Å². The average molecular weight is 275 g/mol. The van der Waals surface area contributed by atoms with Gasteiger partial charge in [0.25, 0.3) is 0 Å². The van der Waals surface area contributed by atoms with Crippen molar-refractivity contribution >= 4 is 0 Å². The van der Waals surface area contributed by atoms with Crippen molar-refractivity contribution in [1.82, 2.24) is 10.6 Å². The monoisotopic (exact) mass is 275 g/mol. The van der Waals surface area contributed by atoms with Crippen LogP contribution < -0.4 is 15.4 Å². The molecule has 5 heteroatoms. The van der Waals surface area contributed by atoms with Crippen LogP contribution in [0.5, 0.6) is 5.75 Å². The Hall–Kier alpha value is -1.61. The summed E-state index contributed by atoms with van der Waals surface area (Å²) in [5.41, 5.74) is 0.492. The minimum atomic E-state index is -0.573. The Morgan fingerprint density at radius 3 is 2.90 bits per heavy atom. The van der Waals surface area contributed by atoms with Crippen LogP contribution in [0.1, 0.15) is 18.4 Å². The molecule has 1 aliphatic heterocycles. The summed E-state index contributed by atoms with van der Waals surface area (Å²) in [5, 5.41) is 25.5. The Labute approximate surface area is 119 Å². The van der Waals surface area contributed by atoms with E-state index in [0.717, 1.165) is 25.9 Å². The van der Waals surface area contributed by atoms with E-state index >= 15 is 0 Å². The van der Waals surface area contributed by atoms with Crippen molar-refractivity contribution in [3.63, 3.8) is 0 Å². The molecule has 1 heterocycles. The summed E-state index contributed by atoms with van der Waals surface area (Å²) in [6.07, 6.45) is 1.60. The Kier molecular flexibility index (Phi) is 5.81. The summed E-state index contributed by atoms with van der Waals surface area (Å²) in [4.78, 5) is 0. The van der Waals surface area contributed by atoms with Gasteiger partial charge in [-0.3, -0.25) is 0 Å². The van der Waals surface area contributed by atoms with E-state index in [1.807, 2.05) is 6.07 Å². The zero-order chi connectivity index (χ0) is 14.2. The second-order valence-corrected chi connectivity index (χ2v) is 5.01. The highest BCUT2D eigenvalue weighted by Gasteiger charge is 2.14. The van der Waals surface area contributed by atoms with Crippen molar-refractivity contribution in [2.45, 2.75) is 25.0 Å². The molecule has 0 saturated carbocycles. The normalized spacial score (nSPS) is 17.4. The molecule has 0 aromatic heterocycles. The maximum Gasteiger partial charge on any atom is 0.137 e. The summed E-state index contributed by atoms with van der Waals surface area (Å²) < 4.78 is 5.50. The van der Waals surface area contributed by atoms with Crippen LogP contribution >= 0.6 is 0 Å². The van der Waals surface area contributed by atoms with Crippen molar-refractivity contribution in [3.05, 3.63) is 29.8 Å². The quantitative estimate of drug-likeness (QED) is 0.710. The number of piperidine rings is 1. The third-order valence-corrected chi connectivity index (χ3v) is 3.42. The first-order valence-corrected chi connectivity index (χ1v) is 7.03. The van der Waals surface area contributed by atoms with Gasteiger partial charge in [-0.1, -0.05) is 12.1 Å². The van der Waals surface area contributed by atoms with Gasteiger partial charge in [-0.05, 0) is 38.1 Å². The molecule has 3 N–H and O–H groups in total. The number of aliphatic hydroxyl groups excluding tert-OH is 1. The van der Waals surface area contributed by atoms with Gasteiger partial charge in [0.15, 0.2) is 0 Å². The van der Waals surface area contributed by atoms with Crippen LogP contribution in [0.4, 0.5) is 0 Å². The number of aliphatic hydroxyl groups is 1. The highest BCUT2D eigenvalue weighted by molar-refractivity contribution is 5.42. The maximum atomic E-state index is 9.92. The molecule has 0 amide bonds. The van der Waals surface area contributed by atoms with E-state index in [1.54, 1.807) is 18.2 Å². The molecule has 1 aromatic carbocycles. The Morgan fingerprint density at radius 2 is 2.15 bits per heavy atom. The highest BCUT2D eigenvalue weighted by atomic mass is 16.5. The lowest BCUT2D eigenvalue weighted by molar-refractivity contribution is 0.102. The molecule has 1 saturated heterocycles. The molecule has 0 aliphatic carbocycles. The molecule has 20 heavy (non-hydrogen) atoms. The molecule has 2 rings (SSSR count). The fraction of sp³-hybridized carbons (Fsp3) is 0.533. The third kappa shape index (κ3) is 4.49. The molecule has 108 valence electrons. The van der Waals surface area contributed by atoms with Crippen molar-refractivity contribution < 1.29 is 9.84 Å². The maximum absolute atomic E-state index is 9.92. The first kappa shape index (κ1) is 14.8. The molecular formula is C15H21N3O2. The van der Waals surface area contributed by atoms with E-state index in [9.17, 15) is 5.11 Å². The number of nitrogens with one attached hydrogen (secondary N) is 2. The Morgan fingerprint density at radius 1 is 1.40 bits per heavy atom. The van der Waals surface area contributed by atoms with Crippen LogP contribution in [-0.2, 0) is 0 Å². The molecule has 5 nitrogen and oxygen atoms in total. The summed E-state index contributed by atoms with van der Waals surface area (Å²) in [6.45, 7) is 2.76. The lowest BCUT2D eigenvalue weighted by atomic mass is 10.1. The molecule has 0 radical (unpaired) electrons. The number of ether oxygens (including phenoxy) is 1. The highest BCUT2D eigenvalue weighted by Crippen LogP contribution is 2.16. The van der Waals surface area contributed by atoms with Gasteiger partial charge in [0, 0.05) is 12.6 Å². The summed E-state index contributed by atoms with van der Waals surface area (Å²) in [6, 6.07) is 9.60. The number of hydrogen-bond acceptors (Lipinski definition) is 5. The van der Waals surface area contributed by atoms with Gasteiger partial charge in [-0.2, -0.15) is 5.26 Å². The van der Waals surface area contributed by atoms with E-state index < -0.39 is 6.10 Å². The van der Waals surface area contributed by atoms with Crippen molar-refractivity contribution in [3.8, 4) is 11.8 Å². The number of para-hydroxylation sites is 1. The number of nitriles is 1. The molecule has 1 aromatic rings. The molecule has 0 unspecified atom stereocenters. The minimum Gasteiger partial charge on any atom is -0.489 e. The second-order valence-electron chi connectivity index (χ2n) is 5.01. The topological polar surface area (TPSA) is 77.3 Å². The molecule has 0 bridgehead atoms. The second kappa shape index (κ2) is 7.85. The summed E-state index contributed by atoms with van der Waals surface area (Å²) in [7, 11) is 0. The predicted octanol–water partition coefficient (Wildman–Crippen LogP) is 0.640. The number of rotatable bonds is 6. The predicted molar refractivity (Wildman–Crippen MR) is 76.6 cm³/mol. The van der Waals surface area contributed by atoms with E-state index in [4.69, 9.17) is 10.00 Å². The van der Waals surface area contributed by atoms with Gasteiger partial charge >= 0.3 is 0 Å². The molecule has 1 atom stereocenters. The van der Waals surface area contributed by atoms with Gasteiger partial charge < -0.3 is 20.5 Å². The van der Waals surface area contributed by atoms with Crippen LogP contribution in [0.2, 0.25) is 0 Å². The zero-order valence-electron chi connectivity index (χ0n) is 11.5. The third-order valence-electron chi connectivity index (χ3n) is 3.42. The zero-order valence-corrected chi connectivity index (χ0v) is 11.5. The standard InChI is InChI=1S/C15H21N3O2/c16-9-12-3-1-2-4-15(12)20-11-14(19)10-18-13-5-7-17-8-6-13/h1-4,13-14,17-19H,5-8,10-11H2/t14-/m0/s1. The molecule has 0 spiro atoms. The van der Waals surface area contributed by atoms with Crippen LogP contribution in [0.25, 0.3) is 0 Å². The van der Waals surface area contributed by atoms with E-state index in [-0.39, 0.29) is 6.61 Å². The number of hydrogen-bond donors (Lipinski definition) is 3. The first-order valence-electron chi connectivity index (χ1n) is 7.03. The molecular weight excluding hydrogens is 254 g/mol. The molecule has 1 aliphatic rings. The molecule has 1 fully saturated rings. The number of benzene rings is 1. The minimum absolute atomic E-state index is 0.191. The lowest BCUT2D eigenvalue weighted by Gasteiger charge is -2.25. The SMILES string of the molecule is N#Cc1ccccc1OC[C@@H](O)CNC1CCNCC1. The van der Waals surface area contributed by atoms with Gasteiger partial charge in [0.05, 0.1) is 5.56 Å². The lowest BCUT2D eigenvalue weighted by Crippen LogP contribution is -2.43. The van der Waals surface area contributed by atoms with Crippen molar-refractivity contribution in [2.24, 2.45) is 0 Å². The summed E-state index contributed by atoms with van der Waals surface area (Å²) >= 11 is 0. The van der Waals surface area contributed by atoms with Crippen molar-refractivity contribution in [2.75, 3.05) is 26.2 Å². The fourth-order valence-electron chi connectivity index (χ4n) is 2.26. The van der Waals surface area contributed by atoms with E-state index in [0.29, 0.717) is 23.9 Å². The van der Waals surface area contributed by atoms with Crippen LogP contribution in [0, 0.1) is 11.3 Å². The first-order chi connectivity index (χ1) is 9.79. The van der Waals surface area contributed by atoms with E-state index in [2.05, 4.69) is 16.7 Å². The van der Waals surface area contributed by atoms with Crippen molar-refractivity contribution in [1.29, 1.82) is 5.26 Å². The number of nitrogens with zero attached hydrogens (tertiary/aromatic N) is 1. The summed E-state index contributed by atoms with van der Waals surface area (Å²) in [5.74, 6) is 0.524. The van der Waals surface area contributed by atoms with Gasteiger partial charge in [-0.15, -0.1) is 0 Å². The van der Waals surface area contributed by atoms with Crippen LogP contribution in [0.15, 0.2) is 24.3 Å². The Balaban J connectivity index is 1.72. The average Bonchev–Trinajstić information content (AvgIpc) is 2.52. The largest absolute Gasteiger partial charge is 0.489 e. The Bertz CT molecular complexity index is 453. The smallest absolute Gasteiger partial charge is 0.137 e. The van der Waals surface area contributed by atoms with Crippen LogP contribution in [0.3, 0.4) is 0 Å². The fourth-order valence-corrected chi connectivity index (χ4v) is 2.26. The van der Waals surface area contributed by atoms with Gasteiger partial charge in [-0.25, -0.2) is 0 Å². The van der Waals surface area contributed by atoms with E-state index in [1.165, 1.54) is 0 Å².